The molecule has 2 aromatic rings. The van der Waals surface area contributed by atoms with Crippen LogP contribution in [0.4, 0.5) is 0 Å². The number of Topliss-reactive ketones (excluding diaryl/α,β-unsaturated/α-hetero) is 4. The number of ether oxygens (including phenoxy) is 1. The van der Waals surface area contributed by atoms with Crippen LogP contribution in [0, 0.1) is 23.7 Å². The molecule has 2 fully saturated rings. The minimum absolute atomic E-state index is 0.0361. The van der Waals surface area contributed by atoms with E-state index in [9.17, 15) is 34.2 Å². The molecule has 39 heavy (non-hydrogen) atoms. The fourth-order valence-electron chi connectivity index (χ4n) is 6.51. The minimum atomic E-state index is -2.94. The van der Waals surface area contributed by atoms with E-state index in [4.69, 9.17) is 10.5 Å². The first-order valence-corrected chi connectivity index (χ1v) is 12.4. The number of phenols is 1. The fraction of sp³-hybridized carbons (Fsp3) is 0.345. The van der Waals surface area contributed by atoms with Gasteiger partial charge in [0.05, 0.1) is 36.2 Å². The van der Waals surface area contributed by atoms with Gasteiger partial charge in [-0.3, -0.25) is 28.9 Å². The highest BCUT2D eigenvalue weighted by Crippen LogP contribution is 2.54. The van der Waals surface area contributed by atoms with E-state index in [1.54, 1.807) is 30.3 Å². The summed E-state index contributed by atoms with van der Waals surface area (Å²) in [6.07, 6.45) is -1.24. The van der Waals surface area contributed by atoms with Crippen LogP contribution in [0.2, 0.25) is 0 Å². The number of nitrogens with zero attached hydrogens (tertiary/aromatic N) is 1. The third kappa shape index (κ3) is 3.70. The predicted molar refractivity (Wildman–Crippen MR) is 137 cm³/mol. The second kappa shape index (κ2) is 9.33. The number of likely N-dealkylation sites (N-methyl/N-ethyl adjacent to an activating group) is 1. The Kier molecular flexibility index (Phi) is 6.37. The van der Waals surface area contributed by atoms with Crippen molar-refractivity contribution in [3.8, 4) is 5.75 Å². The molecule has 5 rings (SSSR count). The van der Waals surface area contributed by atoms with Gasteiger partial charge in [-0.2, -0.15) is 0 Å². The lowest BCUT2D eigenvalue weighted by Crippen LogP contribution is -2.77. The number of fused-ring (bicyclic) bond motifs is 3. The van der Waals surface area contributed by atoms with Gasteiger partial charge in [0.25, 0.3) is 0 Å². The smallest absolute Gasteiger partial charge is 0.235 e. The van der Waals surface area contributed by atoms with Crippen LogP contribution in [0.3, 0.4) is 0 Å². The van der Waals surface area contributed by atoms with Crippen LogP contribution in [0.5, 0.6) is 5.75 Å². The third-order valence-corrected chi connectivity index (χ3v) is 8.21. The highest BCUT2D eigenvalue weighted by molar-refractivity contribution is 6.33. The van der Waals surface area contributed by atoms with E-state index < -0.39 is 70.5 Å². The first-order chi connectivity index (χ1) is 18.4. The molecule has 3 aliphatic rings. The van der Waals surface area contributed by atoms with Gasteiger partial charge in [0, 0.05) is 5.92 Å². The van der Waals surface area contributed by atoms with E-state index in [2.05, 4.69) is 6.58 Å². The topological polar surface area (TPSA) is 164 Å². The Morgan fingerprint density at radius 2 is 1.72 bits per heavy atom. The molecular weight excluding hydrogens is 504 g/mol. The minimum Gasteiger partial charge on any atom is -0.507 e. The molecule has 0 spiro atoms. The normalized spacial score (nSPS) is 32.1. The lowest BCUT2D eigenvalue weighted by atomic mass is 9.50. The number of carbonyl (C=O) groups is 5. The maximum atomic E-state index is 14.1. The molecule has 1 amide bonds. The number of nitrogens with two attached hydrogens (primary N) is 1. The first kappa shape index (κ1) is 26.6. The maximum absolute atomic E-state index is 14.1. The molecule has 0 aromatic heterocycles. The Morgan fingerprint density at radius 1 is 1.05 bits per heavy atom. The number of hydrogen-bond donors (Lipinski definition) is 3. The summed E-state index contributed by atoms with van der Waals surface area (Å²) in [6.45, 7) is 4.10. The Hall–Kier alpha value is -3.99. The summed E-state index contributed by atoms with van der Waals surface area (Å²) >= 11 is 0. The van der Waals surface area contributed by atoms with Crippen LogP contribution in [0.15, 0.2) is 55.1 Å². The van der Waals surface area contributed by atoms with E-state index in [1.807, 2.05) is 6.07 Å². The lowest BCUT2D eigenvalue weighted by Gasteiger charge is -2.56. The Bertz CT molecular complexity index is 1430. The molecule has 0 heterocycles. The van der Waals surface area contributed by atoms with Gasteiger partial charge in [-0.15, -0.1) is 0 Å². The van der Waals surface area contributed by atoms with Gasteiger partial charge in [0.1, 0.15) is 5.75 Å². The number of carbonyl (C=O) groups excluding carboxylic acids is 5. The molecule has 4 N–H and O–H groups in total. The SMILES string of the molecule is C=C1c2cccc(O)c2C(=O)C2C(=O)[C@@]3(O)C(=O)C(C(N)=O)C(=O)[C@H](N(C)C)[C@H]3[C@H](OCc3ccccc3)[C@@H]12. The summed E-state index contributed by atoms with van der Waals surface area (Å²) in [5, 5.41) is 22.5. The van der Waals surface area contributed by atoms with Gasteiger partial charge in [0.15, 0.2) is 34.7 Å². The zero-order valence-electron chi connectivity index (χ0n) is 21.4. The number of phenolic OH excluding ortho intramolecular Hbond substituents is 1. The van der Waals surface area contributed by atoms with Crippen LogP contribution in [-0.2, 0) is 30.5 Å². The number of amides is 1. The number of aliphatic hydroxyl groups is 1. The largest absolute Gasteiger partial charge is 0.507 e. The molecule has 2 unspecified atom stereocenters. The molecule has 2 aromatic carbocycles. The fourth-order valence-corrected chi connectivity index (χ4v) is 6.51. The molecule has 202 valence electrons. The Labute approximate surface area is 224 Å². The highest BCUT2D eigenvalue weighted by Gasteiger charge is 2.73. The van der Waals surface area contributed by atoms with Crippen molar-refractivity contribution in [2.24, 2.45) is 29.4 Å². The molecule has 10 heteroatoms. The molecule has 10 nitrogen and oxygen atoms in total. The van der Waals surface area contributed by atoms with E-state index in [1.165, 1.54) is 31.1 Å². The van der Waals surface area contributed by atoms with Gasteiger partial charge in [-0.25, -0.2) is 0 Å². The van der Waals surface area contributed by atoms with Crippen LogP contribution < -0.4 is 5.73 Å². The van der Waals surface area contributed by atoms with Gasteiger partial charge in [-0.1, -0.05) is 49.0 Å². The summed E-state index contributed by atoms with van der Waals surface area (Å²) < 4.78 is 6.32. The number of rotatable bonds is 5. The van der Waals surface area contributed by atoms with Crippen molar-refractivity contribution >= 4 is 34.6 Å². The first-order valence-electron chi connectivity index (χ1n) is 12.4. The van der Waals surface area contributed by atoms with Crippen LogP contribution in [0.1, 0.15) is 21.5 Å². The molecule has 0 aliphatic heterocycles. The molecule has 0 bridgehead atoms. The predicted octanol–water partition coefficient (Wildman–Crippen LogP) is 0.533. The van der Waals surface area contributed by atoms with Gasteiger partial charge >= 0.3 is 0 Å². The van der Waals surface area contributed by atoms with Gasteiger partial charge in [-0.05, 0) is 36.9 Å². The van der Waals surface area contributed by atoms with Gasteiger partial charge < -0.3 is 20.7 Å². The third-order valence-electron chi connectivity index (χ3n) is 8.21. The average Bonchev–Trinajstić information content (AvgIpc) is 2.88. The highest BCUT2D eigenvalue weighted by atomic mass is 16.5. The second-order valence-corrected chi connectivity index (χ2v) is 10.5. The van der Waals surface area contributed by atoms with Crippen molar-refractivity contribution in [2.45, 2.75) is 24.4 Å². The summed E-state index contributed by atoms with van der Waals surface area (Å²) in [6, 6.07) is 12.0. The van der Waals surface area contributed by atoms with Crippen LogP contribution in [-0.4, -0.2) is 76.0 Å². The number of ketones is 4. The van der Waals surface area contributed by atoms with E-state index >= 15 is 0 Å². The van der Waals surface area contributed by atoms with E-state index in [0.29, 0.717) is 5.56 Å². The second-order valence-electron chi connectivity index (χ2n) is 10.5. The van der Waals surface area contributed by atoms with Crippen molar-refractivity contribution in [1.29, 1.82) is 0 Å². The number of aromatic hydroxyl groups is 1. The summed E-state index contributed by atoms with van der Waals surface area (Å²) in [5.41, 5.74) is 3.62. The molecule has 0 radical (unpaired) electrons. The van der Waals surface area contributed by atoms with Gasteiger partial charge in [0.2, 0.25) is 5.91 Å². The van der Waals surface area contributed by atoms with Crippen molar-refractivity contribution in [3.05, 3.63) is 71.8 Å². The zero-order chi connectivity index (χ0) is 28.4. The quantitative estimate of drug-likeness (QED) is 0.466. The van der Waals surface area contributed by atoms with Crippen molar-refractivity contribution < 1.29 is 38.9 Å². The van der Waals surface area contributed by atoms with Crippen molar-refractivity contribution in [2.75, 3.05) is 14.1 Å². The number of primary amides is 1. The van der Waals surface area contributed by atoms with Crippen molar-refractivity contribution in [3.63, 3.8) is 0 Å². The summed E-state index contributed by atoms with van der Waals surface area (Å²) in [7, 11) is 3.02. The molecule has 2 saturated carbocycles. The zero-order valence-corrected chi connectivity index (χ0v) is 21.4. The monoisotopic (exact) mass is 532 g/mol. The van der Waals surface area contributed by atoms with Crippen molar-refractivity contribution in [1.82, 2.24) is 4.90 Å². The van der Waals surface area contributed by atoms with Crippen LogP contribution in [0.25, 0.3) is 5.57 Å². The molecule has 7 atom stereocenters. The Morgan fingerprint density at radius 3 is 2.33 bits per heavy atom. The average molecular weight is 533 g/mol. The Balaban J connectivity index is 1.75. The molecule has 0 saturated heterocycles. The maximum Gasteiger partial charge on any atom is 0.235 e. The summed E-state index contributed by atoms with van der Waals surface area (Å²) in [5.74, 6) is -12.2. The molecule has 3 aliphatic carbocycles. The van der Waals surface area contributed by atoms with Crippen LogP contribution >= 0.6 is 0 Å². The number of benzene rings is 2. The molecular formula is C29H28N2O8. The number of hydrogen-bond acceptors (Lipinski definition) is 9. The summed E-state index contributed by atoms with van der Waals surface area (Å²) in [4.78, 5) is 68.8. The van der Waals surface area contributed by atoms with E-state index in [-0.39, 0.29) is 23.5 Å². The lowest BCUT2D eigenvalue weighted by molar-refractivity contribution is -0.199. The standard InChI is InChI=1S/C29H28N2O8/c1-13-15-10-7-11-16(32)18(15)23(33)19-17(13)25(39-12-14-8-5-4-6-9-14)21-22(31(2)3)24(34)20(28(30)37)27(36)29(21,38)26(19)35/h4-11,17,19-22,25,32,38H,1,12H2,2-3H3,(H2,30,37)/t17-,19?,20?,21-,22+,25+,29+/m0/s1. The van der Waals surface area contributed by atoms with E-state index in [0.717, 1.165) is 5.56 Å².